The second-order valence-electron chi connectivity index (χ2n) is 19.1. The van der Waals surface area contributed by atoms with E-state index in [1.54, 1.807) is 0 Å². The summed E-state index contributed by atoms with van der Waals surface area (Å²) in [5.74, 6) is 22.8. The lowest BCUT2D eigenvalue weighted by atomic mass is 9.73. The topological polar surface area (TPSA) is 18.5 Å². The molecule has 2 nitrogen and oxygen atoms in total. The first-order valence-electron chi connectivity index (χ1n) is 24.9. The van der Waals surface area contributed by atoms with Gasteiger partial charge in [0.05, 0.1) is 13.2 Å². The van der Waals surface area contributed by atoms with Crippen LogP contribution in [-0.4, -0.2) is 13.2 Å². The van der Waals surface area contributed by atoms with Crippen LogP contribution in [-0.2, 0) is 0 Å². The van der Waals surface area contributed by atoms with Crippen molar-refractivity contribution >= 4 is 0 Å². The van der Waals surface area contributed by atoms with Crippen LogP contribution in [0.15, 0.2) is 71.8 Å². The van der Waals surface area contributed by atoms with Gasteiger partial charge in [-0.05, 0) is 198 Å². The standard InChI is InChI=1S/C57H80O2/c1-5-9-42-59-56-39-35-52(36-40-56)49-26-19-46(20-27-49)13-10-14-57(53-30-23-45(12-7-3)24-31-53)54(43-48-17-15-44(11-6-2)16-18-48)32-25-47-21-28-50(29-22-47)51-33-37-55(38-34-51)58-41-8-4/h14,33-40,43-50,53H,5-9,11-12,15-24,26-31,41-42H2,1-4H3/b54-43?,57-14+. The number of allylic oxidation sites excluding steroid dienone is 4. The van der Waals surface area contributed by atoms with E-state index in [0.29, 0.717) is 35.5 Å². The third-order valence-electron chi connectivity index (χ3n) is 14.6. The molecule has 4 fully saturated rings. The lowest BCUT2D eigenvalue weighted by Crippen LogP contribution is -2.18. The fraction of sp³-hybridized carbons (Fsp3) is 0.649. The third-order valence-corrected chi connectivity index (χ3v) is 14.6. The molecule has 0 radical (unpaired) electrons. The van der Waals surface area contributed by atoms with Crippen molar-refractivity contribution in [3.8, 4) is 35.2 Å². The maximum Gasteiger partial charge on any atom is 0.119 e. The Morgan fingerprint density at radius 1 is 0.542 bits per heavy atom. The average Bonchev–Trinajstić information content (AvgIpc) is 3.28. The van der Waals surface area contributed by atoms with Crippen LogP contribution >= 0.6 is 0 Å². The summed E-state index contributed by atoms with van der Waals surface area (Å²) in [5, 5.41) is 0. The number of hydrogen-bond donors (Lipinski definition) is 0. The summed E-state index contributed by atoms with van der Waals surface area (Å²) in [4.78, 5) is 0. The summed E-state index contributed by atoms with van der Waals surface area (Å²) in [6, 6.07) is 17.9. The first kappa shape index (κ1) is 45.2. The van der Waals surface area contributed by atoms with E-state index >= 15 is 0 Å². The van der Waals surface area contributed by atoms with Crippen LogP contribution < -0.4 is 9.47 Å². The molecule has 2 aromatic rings. The maximum atomic E-state index is 5.94. The maximum absolute atomic E-state index is 5.94. The zero-order valence-electron chi connectivity index (χ0n) is 37.9. The SMILES string of the molecule is CCCCOc1ccc(C2CCC(C#C/C=C(/C(C#CC3CCC(c4ccc(OCCC)cc4)CC3)=CC3CCC(CCC)CC3)C3CCC(CCC)CC3)CC2)cc1. The Hall–Kier alpha value is -3.36. The van der Waals surface area contributed by atoms with E-state index in [4.69, 9.17) is 9.47 Å². The number of hydrogen-bond acceptors (Lipinski definition) is 2. The zero-order chi connectivity index (χ0) is 41.1. The minimum atomic E-state index is 0.481. The minimum Gasteiger partial charge on any atom is -0.494 e. The fourth-order valence-electron chi connectivity index (χ4n) is 10.9. The van der Waals surface area contributed by atoms with Crippen LogP contribution in [0.1, 0.15) is 198 Å². The van der Waals surface area contributed by atoms with E-state index < -0.39 is 0 Å². The second kappa shape index (κ2) is 24.8. The second-order valence-corrected chi connectivity index (χ2v) is 19.1. The van der Waals surface area contributed by atoms with Crippen molar-refractivity contribution in [1.82, 2.24) is 0 Å². The Kier molecular flexibility index (Phi) is 19.0. The van der Waals surface area contributed by atoms with Crippen molar-refractivity contribution in [3.05, 3.63) is 83.0 Å². The molecule has 4 saturated carbocycles. The highest BCUT2D eigenvalue weighted by Crippen LogP contribution is 2.41. The van der Waals surface area contributed by atoms with Gasteiger partial charge in [-0.25, -0.2) is 0 Å². The van der Waals surface area contributed by atoms with E-state index in [9.17, 15) is 0 Å². The van der Waals surface area contributed by atoms with Crippen molar-refractivity contribution in [3.63, 3.8) is 0 Å². The van der Waals surface area contributed by atoms with Crippen LogP contribution in [0, 0.1) is 59.2 Å². The molecule has 0 atom stereocenters. The van der Waals surface area contributed by atoms with Gasteiger partial charge in [0.25, 0.3) is 0 Å². The van der Waals surface area contributed by atoms with Crippen LogP contribution in [0.5, 0.6) is 11.5 Å². The lowest BCUT2D eigenvalue weighted by Gasteiger charge is -2.31. The van der Waals surface area contributed by atoms with Crippen molar-refractivity contribution in [2.24, 2.45) is 35.5 Å². The highest BCUT2D eigenvalue weighted by atomic mass is 16.5. The summed E-state index contributed by atoms with van der Waals surface area (Å²) in [6.45, 7) is 10.7. The van der Waals surface area contributed by atoms with E-state index in [0.717, 1.165) is 49.4 Å². The molecule has 0 amide bonds. The normalized spacial score (nSPS) is 27.8. The number of rotatable bonds is 16. The summed E-state index contributed by atoms with van der Waals surface area (Å²) in [7, 11) is 0. The molecule has 0 heterocycles. The first-order chi connectivity index (χ1) is 29.0. The molecule has 2 heteroatoms. The van der Waals surface area contributed by atoms with Crippen LogP contribution in [0.25, 0.3) is 0 Å². The van der Waals surface area contributed by atoms with Gasteiger partial charge in [0.15, 0.2) is 0 Å². The zero-order valence-corrected chi connectivity index (χ0v) is 37.9. The molecular weight excluding hydrogens is 717 g/mol. The summed E-state index contributed by atoms with van der Waals surface area (Å²) >= 11 is 0. The van der Waals surface area contributed by atoms with Gasteiger partial charge in [-0.2, -0.15) is 0 Å². The quantitative estimate of drug-likeness (QED) is 0.0957. The predicted molar refractivity (Wildman–Crippen MR) is 251 cm³/mol. The van der Waals surface area contributed by atoms with Gasteiger partial charge in [0.1, 0.15) is 11.5 Å². The van der Waals surface area contributed by atoms with Gasteiger partial charge in [0.2, 0.25) is 0 Å². The van der Waals surface area contributed by atoms with Crippen molar-refractivity contribution < 1.29 is 9.47 Å². The lowest BCUT2D eigenvalue weighted by molar-refractivity contribution is 0.286. The van der Waals surface area contributed by atoms with Crippen LogP contribution in [0.3, 0.4) is 0 Å². The van der Waals surface area contributed by atoms with Crippen molar-refractivity contribution in [1.29, 1.82) is 0 Å². The van der Waals surface area contributed by atoms with E-state index in [-0.39, 0.29) is 0 Å². The number of unbranched alkanes of at least 4 members (excludes halogenated alkanes) is 1. The van der Waals surface area contributed by atoms with Gasteiger partial charge in [-0.15, -0.1) is 0 Å². The molecule has 0 N–H and O–H groups in total. The molecular formula is C57H80O2. The average molecular weight is 797 g/mol. The largest absolute Gasteiger partial charge is 0.494 e. The van der Waals surface area contributed by atoms with Gasteiger partial charge in [-0.1, -0.05) is 114 Å². The Labute approximate surface area is 362 Å². The Bertz CT molecular complexity index is 1670. The molecule has 2 aromatic carbocycles. The first-order valence-corrected chi connectivity index (χ1v) is 24.9. The summed E-state index contributed by atoms with van der Waals surface area (Å²) in [6.07, 6.45) is 34.2. The molecule has 320 valence electrons. The van der Waals surface area contributed by atoms with E-state index in [2.05, 4.69) is 112 Å². The van der Waals surface area contributed by atoms with Gasteiger partial charge in [-0.3, -0.25) is 0 Å². The predicted octanol–water partition coefficient (Wildman–Crippen LogP) is 16.0. The number of benzene rings is 2. The Morgan fingerprint density at radius 3 is 1.56 bits per heavy atom. The molecule has 4 aliphatic rings. The van der Waals surface area contributed by atoms with Gasteiger partial charge in [0, 0.05) is 17.4 Å². The monoisotopic (exact) mass is 797 g/mol. The molecule has 0 unspecified atom stereocenters. The van der Waals surface area contributed by atoms with Gasteiger partial charge >= 0.3 is 0 Å². The third kappa shape index (κ3) is 14.4. The highest BCUT2D eigenvalue weighted by molar-refractivity contribution is 5.50. The molecule has 0 spiro atoms. The van der Waals surface area contributed by atoms with Crippen LogP contribution in [0.2, 0.25) is 0 Å². The molecule has 4 aliphatic carbocycles. The molecule has 6 rings (SSSR count). The minimum absolute atomic E-state index is 0.481. The molecule has 0 aromatic heterocycles. The summed E-state index contributed by atoms with van der Waals surface area (Å²) < 4.78 is 11.8. The molecule has 0 aliphatic heterocycles. The smallest absolute Gasteiger partial charge is 0.119 e. The van der Waals surface area contributed by atoms with Crippen molar-refractivity contribution in [2.45, 2.75) is 187 Å². The number of ether oxygens (including phenoxy) is 2. The Balaban J connectivity index is 1.17. The van der Waals surface area contributed by atoms with Gasteiger partial charge < -0.3 is 9.47 Å². The highest BCUT2D eigenvalue weighted by Gasteiger charge is 2.28. The van der Waals surface area contributed by atoms with Crippen LogP contribution in [0.4, 0.5) is 0 Å². The Morgan fingerprint density at radius 2 is 1.05 bits per heavy atom. The van der Waals surface area contributed by atoms with Crippen molar-refractivity contribution in [2.75, 3.05) is 13.2 Å². The molecule has 59 heavy (non-hydrogen) atoms. The molecule has 0 bridgehead atoms. The molecule has 0 saturated heterocycles. The van der Waals surface area contributed by atoms with E-state index in [1.165, 1.54) is 157 Å². The van der Waals surface area contributed by atoms with E-state index in [1.807, 2.05) is 0 Å². The fourth-order valence-corrected chi connectivity index (χ4v) is 10.9. The summed E-state index contributed by atoms with van der Waals surface area (Å²) in [5.41, 5.74) is 5.78.